The molecule has 80 valence electrons. The maximum absolute atomic E-state index is 10.3. The van der Waals surface area contributed by atoms with E-state index in [0.717, 1.165) is 14.2 Å². The first-order chi connectivity index (χ1) is 5.89. The van der Waals surface area contributed by atoms with Crippen LogP contribution in [0.4, 0.5) is 0 Å². The van der Waals surface area contributed by atoms with Crippen molar-refractivity contribution in [3.05, 3.63) is 0 Å². The highest BCUT2D eigenvalue weighted by molar-refractivity contribution is 7.62. The lowest BCUT2D eigenvalue weighted by atomic mass is 11.8. The van der Waals surface area contributed by atoms with E-state index in [9.17, 15) is 4.57 Å². The van der Waals surface area contributed by atoms with Gasteiger partial charge in [0.2, 0.25) is 0 Å². The van der Waals surface area contributed by atoms with Gasteiger partial charge in [0.1, 0.15) is 0 Å². The molecule has 0 aliphatic carbocycles. The van der Waals surface area contributed by atoms with Crippen molar-refractivity contribution in [2.45, 2.75) is 0 Å². The van der Waals surface area contributed by atoms with Gasteiger partial charge >= 0.3 is 25.0 Å². The third kappa shape index (κ3) is 7.85. The first kappa shape index (κ1) is 13.8. The van der Waals surface area contributed by atoms with E-state index >= 15 is 0 Å². The Kier molecular flexibility index (Phi) is 6.72. The van der Waals surface area contributed by atoms with Crippen LogP contribution in [0.15, 0.2) is 0 Å². The summed E-state index contributed by atoms with van der Waals surface area (Å²) in [4.78, 5) is 25.4. The van der Waals surface area contributed by atoms with Crippen LogP contribution in [0, 0.1) is 0 Å². The summed E-state index contributed by atoms with van der Waals surface area (Å²) in [5.74, 6) is 0. The molecule has 0 spiro atoms. The molecule has 8 nitrogen and oxygen atoms in total. The van der Waals surface area contributed by atoms with Crippen molar-refractivity contribution in [2.75, 3.05) is 14.2 Å². The van der Waals surface area contributed by atoms with Gasteiger partial charge in [0.15, 0.2) is 0 Å². The average molecular weight is 254 g/mol. The molecule has 11 heteroatoms. The molecule has 0 aliphatic heterocycles. The van der Waals surface area contributed by atoms with Crippen molar-refractivity contribution in [1.29, 1.82) is 0 Å². The molecule has 0 rings (SSSR count). The highest BCUT2D eigenvalue weighted by Crippen LogP contribution is 2.60. The monoisotopic (exact) mass is 254 g/mol. The second-order valence-electron chi connectivity index (χ2n) is 1.48. The fraction of sp³-hybridized carbons (Fsp3) is 1.00. The van der Waals surface area contributed by atoms with Crippen molar-refractivity contribution in [1.82, 2.24) is 0 Å². The van der Waals surface area contributed by atoms with E-state index in [1.807, 2.05) is 0 Å². The Morgan fingerprint density at radius 2 is 1.77 bits per heavy atom. The highest BCUT2D eigenvalue weighted by Gasteiger charge is 2.27. The molecule has 0 radical (unpaired) electrons. The van der Waals surface area contributed by atoms with Crippen LogP contribution in [0.2, 0.25) is 0 Å². The summed E-state index contributed by atoms with van der Waals surface area (Å²) in [6, 6.07) is 0. The number of rotatable bonds is 6. The molecule has 0 bridgehead atoms. The minimum absolute atomic E-state index is 1.11. The van der Waals surface area contributed by atoms with Crippen molar-refractivity contribution in [2.24, 2.45) is 0 Å². The second-order valence-corrected chi connectivity index (χ2v) is 5.42. The molecule has 0 aromatic rings. The van der Waals surface area contributed by atoms with Gasteiger partial charge in [-0.25, -0.2) is 13.2 Å². The van der Waals surface area contributed by atoms with E-state index in [-0.39, 0.29) is 0 Å². The molecule has 0 saturated carbocycles. The molecule has 2 unspecified atom stereocenters. The normalized spacial score (nSPS) is 17.0. The largest absolute Gasteiger partial charge is 0.476 e. The third-order valence-corrected chi connectivity index (χ3v) is 3.70. The molecule has 13 heavy (non-hydrogen) atoms. The summed E-state index contributed by atoms with van der Waals surface area (Å²) in [7, 11) is -6.95. The lowest BCUT2D eigenvalue weighted by molar-refractivity contribution is 0.235. The zero-order valence-corrected chi connectivity index (χ0v) is 9.41. The summed E-state index contributed by atoms with van der Waals surface area (Å²) in [5.41, 5.74) is 0. The molecular formula is C2H9O8P3. The molecule has 3 N–H and O–H groups in total. The molecule has 0 heterocycles. The first-order valence-electron chi connectivity index (χ1n) is 2.69. The molecule has 0 aromatic heterocycles. The van der Waals surface area contributed by atoms with Gasteiger partial charge in [-0.15, -0.1) is 0 Å². The van der Waals surface area contributed by atoms with Crippen LogP contribution in [0.25, 0.3) is 0 Å². The molecule has 2 atom stereocenters. The predicted molar refractivity (Wildman–Crippen MR) is 44.3 cm³/mol. The second kappa shape index (κ2) is 6.32. The van der Waals surface area contributed by atoms with Crippen molar-refractivity contribution in [3.8, 4) is 0 Å². The van der Waals surface area contributed by atoms with Gasteiger partial charge in [0, 0.05) is 14.2 Å². The molecule has 0 fully saturated rings. The lowest BCUT2D eigenvalue weighted by Gasteiger charge is -2.15. The Labute approximate surface area is 77.0 Å². The van der Waals surface area contributed by atoms with E-state index < -0.39 is 25.0 Å². The van der Waals surface area contributed by atoms with Crippen LogP contribution in [-0.2, 0) is 22.2 Å². The van der Waals surface area contributed by atoms with Gasteiger partial charge in [-0.1, -0.05) is 0 Å². The van der Waals surface area contributed by atoms with Crippen molar-refractivity contribution < 1.29 is 36.9 Å². The fourth-order valence-electron chi connectivity index (χ4n) is 0.259. The molecular weight excluding hydrogens is 245 g/mol. The van der Waals surface area contributed by atoms with E-state index in [4.69, 9.17) is 14.7 Å². The summed E-state index contributed by atoms with van der Waals surface area (Å²) >= 11 is 0. The van der Waals surface area contributed by atoms with Crippen LogP contribution in [0.1, 0.15) is 0 Å². The topological polar surface area (TPSA) is 115 Å². The molecule has 0 aromatic carbocycles. The van der Waals surface area contributed by atoms with Crippen LogP contribution in [0.3, 0.4) is 0 Å². The van der Waals surface area contributed by atoms with E-state index in [0.29, 0.717) is 0 Å². The SMILES string of the molecule is COP(O)OP(OC)OP(=O)(O)O. The van der Waals surface area contributed by atoms with Gasteiger partial charge < -0.3 is 23.7 Å². The zero-order chi connectivity index (χ0) is 10.5. The van der Waals surface area contributed by atoms with Gasteiger partial charge in [-0.3, -0.25) is 0 Å². The smallest absolute Gasteiger partial charge is 0.328 e. The Hall–Kier alpha value is 0.810. The summed E-state index contributed by atoms with van der Waals surface area (Å²) in [5, 5.41) is 0. The summed E-state index contributed by atoms with van der Waals surface area (Å²) in [6.45, 7) is 0. The number of hydrogen-bond donors (Lipinski definition) is 3. The zero-order valence-electron chi connectivity index (χ0n) is 6.72. The van der Waals surface area contributed by atoms with Crippen molar-refractivity contribution >= 4 is 25.0 Å². The number of phosphoric acid groups is 1. The fourth-order valence-corrected chi connectivity index (χ4v) is 2.60. The van der Waals surface area contributed by atoms with Gasteiger partial charge in [-0.05, 0) is 0 Å². The van der Waals surface area contributed by atoms with Gasteiger partial charge in [0.25, 0.3) is 0 Å². The lowest BCUT2D eigenvalue weighted by Crippen LogP contribution is -1.89. The first-order valence-corrected chi connectivity index (χ1v) is 6.45. The minimum Gasteiger partial charge on any atom is -0.328 e. The van der Waals surface area contributed by atoms with Gasteiger partial charge in [-0.2, -0.15) is 0 Å². The Bertz CT molecular complexity index is 178. The highest BCUT2D eigenvalue weighted by atomic mass is 31.3. The van der Waals surface area contributed by atoms with Crippen LogP contribution in [0.5, 0.6) is 0 Å². The molecule has 0 saturated heterocycles. The van der Waals surface area contributed by atoms with Gasteiger partial charge in [0.05, 0.1) is 0 Å². The quantitative estimate of drug-likeness (QED) is 0.597. The Balaban J connectivity index is 3.97. The predicted octanol–water partition coefficient (Wildman–Crippen LogP) is 0.851. The van der Waals surface area contributed by atoms with Crippen LogP contribution < -0.4 is 0 Å². The van der Waals surface area contributed by atoms with E-state index in [1.165, 1.54) is 0 Å². The van der Waals surface area contributed by atoms with Crippen LogP contribution >= 0.6 is 25.0 Å². The third-order valence-electron chi connectivity index (χ3n) is 0.615. The maximum atomic E-state index is 10.3. The number of hydrogen-bond acceptors (Lipinski definition) is 6. The Morgan fingerprint density at radius 3 is 2.08 bits per heavy atom. The Morgan fingerprint density at radius 1 is 1.23 bits per heavy atom. The molecule has 0 amide bonds. The summed E-state index contributed by atoms with van der Waals surface area (Å²) < 4.78 is 27.5. The standard InChI is InChI=1S/C2H9O8P3/c1-7-11(3)9-12(8-2)10-13(4,5)6/h3H,1-2H3,(H2,4,5,6). The van der Waals surface area contributed by atoms with Crippen LogP contribution in [-0.4, -0.2) is 28.9 Å². The maximum Gasteiger partial charge on any atom is 0.476 e. The molecule has 0 aliphatic rings. The minimum atomic E-state index is -4.68. The summed E-state index contributed by atoms with van der Waals surface area (Å²) in [6.07, 6.45) is 0. The van der Waals surface area contributed by atoms with E-state index in [1.54, 1.807) is 0 Å². The van der Waals surface area contributed by atoms with E-state index in [2.05, 4.69) is 17.7 Å². The average Bonchev–Trinajstić information content (AvgIpc) is 2.00. The van der Waals surface area contributed by atoms with Crippen molar-refractivity contribution in [3.63, 3.8) is 0 Å².